The summed E-state index contributed by atoms with van der Waals surface area (Å²) in [5.41, 5.74) is 14.1. The van der Waals surface area contributed by atoms with Gasteiger partial charge in [-0.05, 0) is 36.8 Å². The van der Waals surface area contributed by atoms with E-state index in [2.05, 4.69) is 4.98 Å². The third kappa shape index (κ3) is 2.73. The van der Waals surface area contributed by atoms with E-state index in [-0.39, 0.29) is 6.04 Å². The van der Waals surface area contributed by atoms with Crippen molar-refractivity contribution in [2.45, 2.75) is 44.6 Å². The van der Waals surface area contributed by atoms with Crippen LogP contribution in [0.5, 0.6) is 0 Å². The Labute approximate surface area is 97.2 Å². The van der Waals surface area contributed by atoms with Crippen LogP contribution in [0.3, 0.4) is 0 Å². The van der Waals surface area contributed by atoms with Crippen molar-refractivity contribution in [3.05, 3.63) is 24.0 Å². The van der Waals surface area contributed by atoms with Crippen molar-refractivity contribution in [2.24, 2.45) is 11.7 Å². The molecule has 1 heterocycles. The first-order valence-corrected chi connectivity index (χ1v) is 6.21. The van der Waals surface area contributed by atoms with E-state index in [1.54, 1.807) is 6.20 Å². The lowest BCUT2D eigenvalue weighted by Crippen LogP contribution is -2.33. The molecule has 1 aliphatic rings. The second-order valence-corrected chi connectivity index (χ2v) is 4.84. The quantitative estimate of drug-likeness (QED) is 0.818. The van der Waals surface area contributed by atoms with Crippen LogP contribution in [0.15, 0.2) is 18.5 Å². The van der Waals surface area contributed by atoms with E-state index < -0.39 is 0 Å². The number of rotatable bonds is 3. The molecule has 2 rings (SSSR count). The largest absolute Gasteiger partial charge is 0.398 e. The summed E-state index contributed by atoms with van der Waals surface area (Å²) < 4.78 is 0. The molecule has 88 valence electrons. The lowest BCUT2D eigenvalue weighted by atomic mass is 9.82. The van der Waals surface area contributed by atoms with Crippen molar-refractivity contribution in [1.29, 1.82) is 0 Å². The molecule has 4 N–H and O–H groups in total. The average Bonchev–Trinajstić information content (AvgIpc) is 2.33. The first kappa shape index (κ1) is 11.4. The maximum absolute atomic E-state index is 6.27. The number of hydrogen-bond acceptors (Lipinski definition) is 3. The molecule has 0 bridgehead atoms. The van der Waals surface area contributed by atoms with Gasteiger partial charge in [0.1, 0.15) is 0 Å². The Hall–Kier alpha value is -1.09. The van der Waals surface area contributed by atoms with Gasteiger partial charge in [0.05, 0.1) is 0 Å². The van der Waals surface area contributed by atoms with Gasteiger partial charge in [0, 0.05) is 24.1 Å². The Morgan fingerprint density at radius 2 is 2.06 bits per heavy atom. The van der Waals surface area contributed by atoms with E-state index in [4.69, 9.17) is 11.5 Å². The number of anilines is 1. The smallest absolute Gasteiger partial charge is 0.0378 e. The van der Waals surface area contributed by atoms with Gasteiger partial charge >= 0.3 is 0 Å². The topological polar surface area (TPSA) is 64.9 Å². The minimum atomic E-state index is 0.242. The maximum Gasteiger partial charge on any atom is 0.0378 e. The van der Waals surface area contributed by atoms with Gasteiger partial charge in [-0.25, -0.2) is 0 Å². The van der Waals surface area contributed by atoms with Crippen LogP contribution in [0.1, 0.15) is 37.7 Å². The zero-order chi connectivity index (χ0) is 11.4. The van der Waals surface area contributed by atoms with E-state index in [0.717, 1.165) is 17.7 Å². The molecule has 1 aromatic rings. The number of nitrogens with two attached hydrogens (primary N) is 2. The maximum atomic E-state index is 6.27. The fourth-order valence-corrected chi connectivity index (χ4v) is 2.59. The Bertz CT molecular complexity index is 332. The summed E-state index contributed by atoms with van der Waals surface area (Å²) in [7, 11) is 0. The van der Waals surface area contributed by atoms with E-state index in [1.165, 1.54) is 32.1 Å². The Morgan fingerprint density at radius 3 is 2.75 bits per heavy atom. The summed E-state index contributed by atoms with van der Waals surface area (Å²) in [6.07, 6.45) is 11.0. The SMILES string of the molecule is Nc1ccncc1CC(N)C1CCCCC1. The van der Waals surface area contributed by atoms with Crippen LogP contribution in [0.2, 0.25) is 0 Å². The fourth-order valence-electron chi connectivity index (χ4n) is 2.59. The molecule has 1 aliphatic carbocycles. The zero-order valence-corrected chi connectivity index (χ0v) is 9.73. The van der Waals surface area contributed by atoms with Gasteiger partial charge in [0.2, 0.25) is 0 Å². The molecule has 1 saturated carbocycles. The van der Waals surface area contributed by atoms with Crippen LogP contribution >= 0.6 is 0 Å². The van der Waals surface area contributed by atoms with Gasteiger partial charge in [-0.15, -0.1) is 0 Å². The summed E-state index contributed by atoms with van der Waals surface area (Å²) in [4.78, 5) is 4.11. The Morgan fingerprint density at radius 1 is 1.31 bits per heavy atom. The lowest BCUT2D eigenvalue weighted by molar-refractivity contribution is 0.303. The molecule has 0 saturated heterocycles. The Balaban J connectivity index is 1.96. The van der Waals surface area contributed by atoms with Gasteiger partial charge in [0.25, 0.3) is 0 Å². The second-order valence-electron chi connectivity index (χ2n) is 4.84. The van der Waals surface area contributed by atoms with Crippen LogP contribution in [0, 0.1) is 5.92 Å². The van der Waals surface area contributed by atoms with Crippen LogP contribution in [-0.2, 0) is 6.42 Å². The molecule has 1 atom stereocenters. The molecule has 0 amide bonds. The van der Waals surface area contributed by atoms with Crippen molar-refractivity contribution in [2.75, 3.05) is 5.73 Å². The van der Waals surface area contributed by atoms with Gasteiger partial charge in [0.15, 0.2) is 0 Å². The van der Waals surface area contributed by atoms with Crippen molar-refractivity contribution in [1.82, 2.24) is 4.98 Å². The van der Waals surface area contributed by atoms with Crippen molar-refractivity contribution >= 4 is 5.69 Å². The van der Waals surface area contributed by atoms with Crippen LogP contribution in [0.4, 0.5) is 5.69 Å². The number of hydrogen-bond donors (Lipinski definition) is 2. The molecule has 0 spiro atoms. The molecule has 0 aliphatic heterocycles. The minimum Gasteiger partial charge on any atom is -0.398 e. The molecule has 0 radical (unpaired) electrons. The van der Waals surface area contributed by atoms with Crippen molar-refractivity contribution in [3.8, 4) is 0 Å². The summed E-state index contributed by atoms with van der Waals surface area (Å²) >= 11 is 0. The highest BCUT2D eigenvalue weighted by atomic mass is 14.7. The highest BCUT2D eigenvalue weighted by molar-refractivity contribution is 5.44. The van der Waals surface area contributed by atoms with Gasteiger partial charge < -0.3 is 11.5 Å². The summed E-state index contributed by atoms with van der Waals surface area (Å²) in [5.74, 6) is 0.674. The van der Waals surface area contributed by atoms with Gasteiger partial charge in [-0.3, -0.25) is 4.98 Å². The summed E-state index contributed by atoms with van der Waals surface area (Å²) in [6.45, 7) is 0. The molecular weight excluding hydrogens is 198 g/mol. The molecule has 3 nitrogen and oxygen atoms in total. The van der Waals surface area contributed by atoms with Crippen LogP contribution < -0.4 is 11.5 Å². The lowest BCUT2D eigenvalue weighted by Gasteiger charge is -2.27. The van der Waals surface area contributed by atoms with E-state index in [9.17, 15) is 0 Å². The number of nitrogen functional groups attached to an aromatic ring is 1. The molecular formula is C13H21N3. The number of nitrogens with zero attached hydrogens (tertiary/aromatic N) is 1. The Kier molecular flexibility index (Phi) is 3.78. The van der Waals surface area contributed by atoms with E-state index in [0.29, 0.717) is 5.92 Å². The van der Waals surface area contributed by atoms with E-state index >= 15 is 0 Å². The third-order valence-corrected chi connectivity index (χ3v) is 3.65. The first-order valence-electron chi connectivity index (χ1n) is 6.21. The molecule has 3 heteroatoms. The minimum absolute atomic E-state index is 0.242. The number of aromatic nitrogens is 1. The summed E-state index contributed by atoms with van der Waals surface area (Å²) in [6, 6.07) is 2.09. The second kappa shape index (κ2) is 5.30. The van der Waals surface area contributed by atoms with Crippen molar-refractivity contribution in [3.63, 3.8) is 0 Å². The molecule has 1 fully saturated rings. The standard InChI is InChI=1S/C13H21N3/c14-12-6-7-16-9-11(12)8-13(15)10-4-2-1-3-5-10/h6-7,9-10,13H,1-5,8,15H2,(H2,14,16). The monoisotopic (exact) mass is 219 g/mol. The normalized spacial score (nSPS) is 19.6. The van der Waals surface area contributed by atoms with Gasteiger partial charge in [-0.1, -0.05) is 19.3 Å². The predicted molar refractivity (Wildman–Crippen MR) is 66.9 cm³/mol. The zero-order valence-electron chi connectivity index (χ0n) is 9.73. The van der Waals surface area contributed by atoms with E-state index in [1.807, 2.05) is 12.3 Å². The van der Waals surface area contributed by atoms with Gasteiger partial charge in [-0.2, -0.15) is 0 Å². The summed E-state index contributed by atoms with van der Waals surface area (Å²) in [5, 5.41) is 0. The highest BCUT2D eigenvalue weighted by Gasteiger charge is 2.21. The first-order chi connectivity index (χ1) is 7.77. The van der Waals surface area contributed by atoms with Crippen LogP contribution in [0.25, 0.3) is 0 Å². The predicted octanol–water partition coefficient (Wildman–Crippen LogP) is 2.11. The van der Waals surface area contributed by atoms with Crippen LogP contribution in [-0.4, -0.2) is 11.0 Å². The number of pyridine rings is 1. The molecule has 1 aromatic heterocycles. The third-order valence-electron chi connectivity index (χ3n) is 3.65. The van der Waals surface area contributed by atoms with Crippen molar-refractivity contribution < 1.29 is 0 Å². The molecule has 1 unspecified atom stereocenters. The molecule has 0 aromatic carbocycles. The fraction of sp³-hybridized carbons (Fsp3) is 0.615. The average molecular weight is 219 g/mol. The highest BCUT2D eigenvalue weighted by Crippen LogP contribution is 2.27. The molecule has 16 heavy (non-hydrogen) atoms.